The van der Waals surface area contributed by atoms with Crippen molar-refractivity contribution in [3.63, 3.8) is 0 Å². The molecular formula is C24H23F2NO2S. The molecule has 1 aliphatic heterocycles. The fourth-order valence-corrected chi connectivity index (χ4v) is 5.49. The fraction of sp³-hybridized carbons (Fsp3) is 0.250. The van der Waals surface area contributed by atoms with E-state index in [1.165, 1.54) is 21.0 Å². The number of benzene rings is 3. The van der Waals surface area contributed by atoms with E-state index in [1.54, 1.807) is 0 Å². The van der Waals surface area contributed by atoms with Gasteiger partial charge in [-0.05, 0) is 54.0 Å². The summed E-state index contributed by atoms with van der Waals surface area (Å²) in [5.41, 5.74) is 3.57. The maximum Gasteiger partial charge on any atom is 0.245 e. The van der Waals surface area contributed by atoms with Crippen molar-refractivity contribution < 1.29 is 17.2 Å². The molecule has 30 heavy (non-hydrogen) atoms. The van der Waals surface area contributed by atoms with Crippen molar-refractivity contribution in [2.75, 3.05) is 13.1 Å². The largest absolute Gasteiger partial charge is 0.245 e. The molecule has 6 heteroatoms. The van der Waals surface area contributed by atoms with Crippen molar-refractivity contribution in [3.8, 4) is 11.1 Å². The van der Waals surface area contributed by atoms with E-state index in [4.69, 9.17) is 0 Å². The van der Waals surface area contributed by atoms with Crippen molar-refractivity contribution >= 4 is 10.0 Å². The first kappa shape index (κ1) is 20.7. The molecule has 1 aliphatic rings. The van der Waals surface area contributed by atoms with E-state index in [-0.39, 0.29) is 0 Å². The molecule has 0 bridgehead atoms. The van der Waals surface area contributed by atoms with Crippen LogP contribution >= 0.6 is 0 Å². The minimum atomic E-state index is -3.95. The molecule has 156 valence electrons. The van der Waals surface area contributed by atoms with Gasteiger partial charge < -0.3 is 0 Å². The summed E-state index contributed by atoms with van der Waals surface area (Å²) >= 11 is 0. The molecule has 0 aromatic heterocycles. The Morgan fingerprint density at radius 3 is 2.10 bits per heavy atom. The van der Waals surface area contributed by atoms with E-state index in [0.717, 1.165) is 18.6 Å². The maximum atomic E-state index is 14.0. The van der Waals surface area contributed by atoms with Crippen LogP contribution in [0.3, 0.4) is 0 Å². The van der Waals surface area contributed by atoms with Crippen LogP contribution in [-0.2, 0) is 16.4 Å². The molecule has 3 aromatic carbocycles. The third-order valence-electron chi connectivity index (χ3n) is 5.67. The highest BCUT2D eigenvalue weighted by Crippen LogP contribution is 2.28. The van der Waals surface area contributed by atoms with Crippen LogP contribution in [0.15, 0.2) is 77.7 Å². The van der Waals surface area contributed by atoms with E-state index >= 15 is 0 Å². The molecule has 0 amide bonds. The van der Waals surface area contributed by atoms with Gasteiger partial charge in [-0.15, -0.1) is 0 Å². The van der Waals surface area contributed by atoms with Crippen LogP contribution in [0.1, 0.15) is 18.4 Å². The predicted molar refractivity (Wildman–Crippen MR) is 113 cm³/mol. The zero-order valence-corrected chi connectivity index (χ0v) is 17.3. The van der Waals surface area contributed by atoms with E-state index < -0.39 is 26.6 Å². The fourth-order valence-electron chi connectivity index (χ4n) is 3.97. The average molecular weight is 428 g/mol. The molecule has 0 saturated carbocycles. The second kappa shape index (κ2) is 8.66. The second-order valence-corrected chi connectivity index (χ2v) is 9.60. The Morgan fingerprint density at radius 2 is 1.47 bits per heavy atom. The van der Waals surface area contributed by atoms with Crippen LogP contribution in [0.4, 0.5) is 8.78 Å². The molecule has 0 radical (unpaired) electrons. The molecular weight excluding hydrogens is 404 g/mol. The van der Waals surface area contributed by atoms with Crippen molar-refractivity contribution in [3.05, 3.63) is 90.0 Å². The zero-order chi connectivity index (χ0) is 21.1. The topological polar surface area (TPSA) is 37.4 Å². The Bertz CT molecular complexity index is 1110. The summed E-state index contributed by atoms with van der Waals surface area (Å²) in [4.78, 5) is -0.459. The monoisotopic (exact) mass is 427 g/mol. The molecule has 0 atom stereocenters. The van der Waals surface area contributed by atoms with E-state index in [9.17, 15) is 17.2 Å². The van der Waals surface area contributed by atoms with E-state index in [0.29, 0.717) is 37.9 Å². The van der Waals surface area contributed by atoms with Gasteiger partial charge in [0.2, 0.25) is 10.0 Å². The van der Waals surface area contributed by atoms with Gasteiger partial charge in [-0.25, -0.2) is 17.2 Å². The van der Waals surface area contributed by atoms with E-state index in [1.807, 2.05) is 18.2 Å². The first-order valence-electron chi connectivity index (χ1n) is 10.0. The lowest BCUT2D eigenvalue weighted by Crippen LogP contribution is -2.39. The van der Waals surface area contributed by atoms with Crippen molar-refractivity contribution in [1.29, 1.82) is 0 Å². The summed E-state index contributed by atoms with van der Waals surface area (Å²) in [6, 6.07) is 21.2. The lowest BCUT2D eigenvalue weighted by atomic mass is 9.90. The SMILES string of the molecule is O=S(=O)(c1ccc(F)cc1F)N1CCC(Cc2ccc(-c3ccccc3)cc2)CC1. The average Bonchev–Trinajstić information content (AvgIpc) is 2.75. The van der Waals surface area contributed by atoms with Crippen molar-refractivity contribution in [1.82, 2.24) is 4.31 Å². The Kier molecular flexibility index (Phi) is 5.97. The Labute approximate surface area is 176 Å². The molecule has 1 heterocycles. The van der Waals surface area contributed by atoms with Crippen molar-refractivity contribution in [2.24, 2.45) is 5.92 Å². The Morgan fingerprint density at radius 1 is 0.833 bits per heavy atom. The Balaban J connectivity index is 1.38. The smallest absolute Gasteiger partial charge is 0.207 e. The number of hydrogen-bond donors (Lipinski definition) is 0. The molecule has 0 N–H and O–H groups in total. The van der Waals surface area contributed by atoms with E-state index in [2.05, 4.69) is 36.4 Å². The maximum absolute atomic E-state index is 14.0. The predicted octanol–water partition coefficient (Wildman–Crippen LogP) is 5.28. The number of halogens is 2. The van der Waals surface area contributed by atoms with Crippen molar-refractivity contribution in [2.45, 2.75) is 24.2 Å². The van der Waals surface area contributed by atoms with Gasteiger partial charge in [0.05, 0.1) is 0 Å². The molecule has 0 unspecified atom stereocenters. The van der Waals surface area contributed by atoms with Gasteiger partial charge >= 0.3 is 0 Å². The van der Waals surface area contributed by atoms with Crippen LogP contribution in [0.2, 0.25) is 0 Å². The number of piperidine rings is 1. The summed E-state index contributed by atoms with van der Waals surface area (Å²) in [7, 11) is -3.95. The summed E-state index contributed by atoms with van der Waals surface area (Å²) in [5.74, 6) is -1.46. The van der Waals surface area contributed by atoms with Gasteiger partial charge in [0.25, 0.3) is 0 Å². The normalized spacial score (nSPS) is 15.9. The van der Waals surface area contributed by atoms with Gasteiger partial charge in [0, 0.05) is 19.2 Å². The number of hydrogen-bond acceptors (Lipinski definition) is 2. The zero-order valence-electron chi connectivity index (χ0n) is 16.5. The highest BCUT2D eigenvalue weighted by molar-refractivity contribution is 7.89. The number of sulfonamides is 1. The molecule has 0 aliphatic carbocycles. The first-order chi connectivity index (χ1) is 14.4. The van der Waals surface area contributed by atoms with Crippen LogP contribution < -0.4 is 0 Å². The quantitative estimate of drug-likeness (QED) is 0.556. The standard InChI is InChI=1S/C24H23F2NO2S/c25-22-10-11-24(23(26)17-22)30(28,29)27-14-12-19(13-15-27)16-18-6-8-21(9-7-18)20-4-2-1-3-5-20/h1-11,17,19H,12-16H2. The third kappa shape index (κ3) is 4.45. The lowest BCUT2D eigenvalue weighted by molar-refractivity contribution is 0.272. The van der Waals surface area contributed by atoms with Crippen LogP contribution in [0.25, 0.3) is 11.1 Å². The van der Waals surface area contributed by atoms with Crippen LogP contribution in [0, 0.1) is 17.6 Å². The summed E-state index contributed by atoms with van der Waals surface area (Å²) in [5, 5.41) is 0. The molecule has 3 nitrogen and oxygen atoms in total. The molecule has 1 saturated heterocycles. The van der Waals surface area contributed by atoms with Crippen LogP contribution in [-0.4, -0.2) is 25.8 Å². The highest BCUT2D eigenvalue weighted by Gasteiger charge is 2.31. The Hall–Kier alpha value is -2.57. The lowest BCUT2D eigenvalue weighted by Gasteiger charge is -2.31. The molecule has 4 rings (SSSR count). The minimum Gasteiger partial charge on any atom is -0.207 e. The third-order valence-corrected chi connectivity index (χ3v) is 7.60. The van der Waals surface area contributed by atoms with Gasteiger partial charge in [-0.1, -0.05) is 54.6 Å². The van der Waals surface area contributed by atoms with Crippen LogP contribution in [0.5, 0.6) is 0 Å². The number of rotatable bonds is 5. The number of nitrogens with zero attached hydrogens (tertiary/aromatic N) is 1. The molecule has 3 aromatic rings. The van der Waals surface area contributed by atoms with Gasteiger partial charge in [0.15, 0.2) is 0 Å². The molecule has 1 fully saturated rings. The highest BCUT2D eigenvalue weighted by atomic mass is 32.2. The second-order valence-electron chi connectivity index (χ2n) is 7.69. The van der Waals surface area contributed by atoms with Gasteiger partial charge in [-0.3, -0.25) is 0 Å². The summed E-state index contributed by atoms with van der Waals surface area (Å²) < 4.78 is 53.8. The first-order valence-corrected chi connectivity index (χ1v) is 11.5. The summed E-state index contributed by atoms with van der Waals surface area (Å²) in [6.45, 7) is 0.678. The molecule has 0 spiro atoms. The van der Waals surface area contributed by atoms with Gasteiger partial charge in [-0.2, -0.15) is 4.31 Å². The minimum absolute atomic E-state index is 0.339. The summed E-state index contributed by atoms with van der Waals surface area (Å²) in [6.07, 6.45) is 2.30. The van der Waals surface area contributed by atoms with Gasteiger partial charge in [0.1, 0.15) is 16.5 Å².